The molecule has 2 N–H and O–H groups in total. The fourth-order valence-corrected chi connectivity index (χ4v) is 3.14. The first-order valence-corrected chi connectivity index (χ1v) is 8.31. The standard InChI is InChI=1S/C18H28N2O2/c1-3-7-16(14-15-8-5-4-6-9-15)20-17(21)18(22-2)10-12-19-13-11-18/h4-6,8-9,16,19H,3,7,10-14H2,1-2H3,(H,20,21). The van der Waals surface area contributed by atoms with Crippen LogP contribution in [0.5, 0.6) is 0 Å². The molecule has 1 aromatic rings. The molecule has 0 spiro atoms. The van der Waals surface area contributed by atoms with Gasteiger partial charge < -0.3 is 15.4 Å². The van der Waals surface area contributed by atoms with Crippen LogP contribution in [0, 0.1) is 0 Å². The summed E-state index contributed by atoms with van der Waals surface area (Å²) in [6.45, 7) is 3.82. The topological polar surface area (TPSA) is 50.4 Å². The second-order valence-electron chi connectivity index (χ2n) is 6.10. The number of piperidine rings is 1. The van der Waals surface area contributed by atoms with Crippen LogP contribution in [-0.4, -0.2) is 37.7 Å². The van der Waals surface area contributed by atoms with Crippen LogP contribution in [0.4, 0.5) is 0 Å². The highest BCUT2D eigenvalue weighted by atomic mass is 16.5. The molecule has 1 aromatic carbocycles. The quantitative estimate of drug-likeness (QED) is 0.812. The maximum Gasteiger partial charge on any atom is 0.252 e. The summed E-state index contributed by atoms with van der Waals surface area (Å²) in [5.74, 6) is 0.0471. The summed E-state index contributed by atoms with van der Waals surface area (Å²) < 4.78 is 5.62. The first-order valence-electron chi connectivity index (χ1n) is 8.31. The van der Waals surface area contributed by atoms with Gasteiger partial charge in [0.25, 0.3) is 5.91 Å². The van der Waals surface area contributed by atoms with E-state index in [4.69, 9.17) is 4.74 Å². The van der Waals surface area contributed by atoms with Crippen LogP contribution in [0.25, 0.3) is 0 Å². The van der Waals surface area contributed by atoms with Gasteiger partial charge in [-0.1, -0.05) is 43.7 Å². The van der Waals surface area contributed by atoms with Crippen molar-refractivity contribution >= 4 is 5.91 Å². The van der Waals surface area contributed by atoms with E-state index in [0.717, 1.165) is 45.2 Å². The van der Waals surface area contributed by atoms with Crippen molar-refractivity contribution in [2.75, 3.05) is 20.2 Å². The predicted octanol–water partition coefficient (Wildman–Crippen LogP) is 2.28. The fourth-order valence-electron chi connectivity index (χ4n) is 3.14. The summed E-state index contributed by atoms with van der Waals surface area (Å²) in [5, 5.41) is 6.52. The van der Waals surface area contributed by atoms with Crippen molar-refractivity contribution in [1.82, 2.24) is 10.6 Å². The Morgan fingerprint density at radius 3 is 2.59 bits per heavy atom. The van der Waals surface area contributed by atoms with E-state index in [-0.39, 0.29) is 11.9 Å². The predicted molar refractivity (Wildman–Crippen MR) is 88.8 cm³/mol. The van der Waals surface area contributed by atoms with E-state index < -0.39 is 5.60 Å². The van der Waals surface area contributed by atoms with E-state index in [1.807, 2.05) is 18.2 Å². The molecule has 4 heteroatoms. The van der Waals surface area contributed by atoms with Crippen molar-refractivity contribution < 1.29 is 9.53 Å². The Hall–Kier alpha value is -1.39. The lowest BCUT2D eigenvalue weighted by Gasteiger charge is -2.36. The number of ether oxygens (including phenoxy) is 1. The van der Waals surface area contributed by atoms with E-state index in [0.29, 0.717) is 0 Å². The van der Waals surface area contributed by atoms with Gasteiger partial charge in [-0.15, -0.1) is 0 Å². The number of benzene rings is 1. The molecule has 0 bridgehead atoms. The Morgan fingerprint density at radius 1 is 1.32 bits per heavy atom. The molecule has 0 saturated carbocycles. The molecule has 1 heterocycles. The molecule has 0 aromatic heterocycles. The van der Waals surface area contributed by atoms with Crippen molar-refractivity contribution in [2.45, 2.75) is 50.7 Å². The van der Waals surface area contributed by atoms with Gasteiger partial charge in [0.2, 0.25) is 0 Å². The van der Waals surface area contributed by atoms with Gasteiger partial charge in [0.1, 0.15) is 5.60 Å². The lowest BCUT2D eigenvalue weighted by Crippen LogP contribution is -2.56. The van der Waals surface area contributed by atoms with Crippen molar-refractivity contribution in [1.29, 1.82) is 0 Å². The Kier molecular flexibility index (Phi) is 6.40. The van der Waals surface area contributed by atoms with Crippen molar-refractivity contribution in [3.63, 3.8) is 0 Å². The Labute approximate surface area is 133 Å². The molecule has 0 radical (unpaired) electrons. The van der Waals surface area contributed by atoms with Crippen LogP contribution in [-0.2, 0) is 16.0 Å². The first-order chi connectivity index (χ1) is 10.7. The van der Waals surface area contributed by atoms with Crippen LogP contribution < -0.4 is 10.6 Å². The minimum Gasteiger partial charge on any atom is -0.368 e. The number of hydrogen-bond donors (Lipinski definition) is 2. The Morgan fingerprint density at radius 2 is 2.00 bits per heavy atom. The zero-order valence-electron chi connectivity index (χ0n) is 13.7. The summed E-state index contributed by atoms with van der Waals surface area (Å²) in [6, 6.07) is 10.5. The summed E-state index contributed by atoms with van der Waals surface area (Å²) in [7, 11) is 1.65. The van der Waals surface area contributed by atoms with Crippen LogP contribution in [0.3, 0.4) is 0 Å². The third-order valence-corrected chi connectivity index (χ3v) is 4.51. The summed E-state index contributed by atoms with van der Waals surface area (Å²) in [4.78, 5) is 12.8. The minimum atomic E-state index is -0.659. The number of carbonyl (C=O) groups excluding carboxylic acids is 1. The van der Waals surface area contributed by atoms with Crippen molar-refractivity contribution in [3.8, 4) is 0 Å². The maximum absolute atomic E-state index is 12.8. The smallest absolute Gasteiger partial charge is 0.252 e. The molecule has 1 aliphatic heterocycles. The SMILES string of the molecule is CCCC(Cc1ccccc1)NC(=O)C1(OC)CCNCC1. The molecule has 122 valence electrons. The molecule has 1 unspecified atom stereocenters. The van der Waals surface area contributed by atoms with E-state index >= 15 is 0 Å². The zero-order valence-corrected chi connectivity index (χ0v) is 13.7. The van der Waals surface area contributed by atoms with Gasteiger partial charge in [0.15, 0.2) is 0 Å². The summed E-state index contributed by atoms with van der Waals surface area (Å²) in [6.07, 6.45) is 4.38. The second kappa shape index (κ2) is 8.30. The molecule has 1 fully saturated rings. The summed E-state index contributed by atoms with van der Waals surface area (Å²) in [5.41, 5.74) is 0.603. The zero-order chi connectivity index (χ0) is 15.8. The molecule has 0 aliphatic carbocycles. The van der Waals surface area contributed by atoms with E-state index in [1.165, 1.54) is 5.56 Å². The molecule has 2 rings (SSSR count). The molecule has 22 heavy (non-hydrogen) atoms. The van der Waals surface area contributed by atoms with Crippen LogP contribution >= 0.6 is 0 Å². The van der Waals surface area contributed by atoms with Gasteiger partial charge in [-0.2, -0.15) is 0 Å². The molecule has 4 nitrogen and oxygen atoms in total. The normalized spacial score (nSPS) is 18.6. The Bertz CT molecular complexity index is 455. The van der Waals surface area contributed by atoms with E-state index in [2.05, 4.69) is 29.7 Å². The summed E-state index contributed by atoms with van der Waals surface area (Å²) >= 11 is 0. The molecule has 1 saturated heterocycles. The van der Waals surface area contributed by atoms with E-state index in [1.54, 1.807) is 7.11 Å². The van der Waals surface area contributed by atoms with Gasteiger partial charge in [-0.05, 0) is 44.3 Å². The average Bonchev–Trinajstić information content (AvgIpc) is 2.56. The van der Waals surface area contributed by atoms with Crippen molar-refractivity contribution in [3.05, 3.63) is 35.9 Å². The maximum atomic E-state index is 12.8. The fraction of sp³-hybridized carbons (Fsp3) is 0.611. The van der Waals surface area contributed by atoms with Crippen LogP contribution in [0.1, 0.15) is 38.2 Å². The van der Waals surface area contributed by atoms with Gasteiger partial charge in [0, 0.05) is 13.2 Å². The van der Waals surface area contributed by atoms with Gasteiger partial charge in [-0.25, -0.2) is 0 Å². The number of methoxy groups -OCH3 is 1. The van der Waals surface area contributed by atoms with Gasteiger partial charge in [-0.3, -0.25) is 4.79 Å². The van der Waals surface area contributed by atoms with Crippen LogP contribution in [0.2, 0.25) is 0 Å². The number of hydrogen-bond acceptors (Lipinski definition) is 3. The third-order valence-electron chi connectivity index (χ3n) is 4.51. The lowest BCUT2D eigenvalue weighted by molar-refractivity contribution is -0.147. The monoisotopic (exact) mass is 304 g/mol. The minimum absolute atomic E-state index is 0.0471. The average molecular weight is 304 g/mol. The van der Waals surface area contributed by atoms with Crippen molar-refractivity contribution in [2.24, 2.45) is 0 Å². The van der Waals surface area contributed by atoms with Gasteiger partial charge >= 0.3 is 0 Å². The highest BCUT2D eigenvalue weighted by Crippen LogP contribution is 2.23. The highest BCUT2D eigenvalue weighted by Gasteiger charge is 2.40. The Balaban J connectivity index is 2.01. The largest absolute Gasteiger partial charge is 0.368 e. The second-order valence-corrected chi connectivity index (χ2v) is 6.10. The molecule has 1 aliphatic rings. The first kappa shape index (κ1) is 17.0. The molecule has 1 amide bonds. The molecule has 1 atom stereocenters. The van der Waals surface area contributed by atoms with Gasteiger partial charge in [0.05, 0.1) is 0 Å². The molecular weight excluding hydrogens is 276 g/mol. The number of carbonyl (C=O) groups is 1. The molecular formula is C18H28N2O2. The van der Waals surface area contributed by atoms with Crippen LogP contribution in [0.15, 0.2) is 30.3 Å². The number of rotatable bonds is 7. The lowest BCUT2D eigenvalue weighted by atomic mass is 9.90. The van der Waals surface area contributed by atoms with E-state index in [9.17, 15) is 4.79 Å². The third kappa shape index (κ3) is 4.31. The number of nitrogens with one attached hydrogen (secondary N) is 2. The number of amides is 1. The highest BCUT2D eigenvalue weighted by molar-refractivity contribution is 5.85.